The van der Waals surface area contributed by atoms with Crippen molar-refractivity contribution < 1.29 is 9.15 Å². The third kappa shape index (κ3) is 1.10. The zero-order chi connectivity index (χ0) is 5.82. The van der Waals surface area contributed by atoms with E-state index in [2.05, 4.69) is 0 Å². The third-order valence-electron chi connectivity index (χ3n) is 0.891. The van der Waals surface area contributed by atoms with Crippen molar-refractivity contribution in [2.45, 2.75) is 6.61 Å². The van der Waals surface area contributed by atoms with Crippen LogP contribution >= 0.6 is 0 Å². The summed E-state index contributed by atoms with van der Waals surface area (Å²) in [5, 5.41) is 0. The fraction of sp³-hybridized carbons (Fsp3) is 0.333. The smallest absolute Gasteiger partial charge is 0.0957 e. The lowest BCUT2D eigenvalue weighted by Crippen LogP contribution is -1.80. The quantitative estimate of drug-likeness (QED) is 0.577. The molecule has 0 aliphatic rings. The second kappa shape index (κ2) is 2.52. The maximum absolute atomic E-state index is 4.83. The Labute approximate surface area is 48.1 Å². The van der Waals surface area contributed by atoms with Gasteiger partial charge in [-0.3, -0.25) is 0 Å². The highest BCUT2D eigenvalue weighted by atomic mass is 16.5. The molecule has 0 saturated heterocycles. The average molecular weight is 112 g/mol. The molecule has 0 aliphatic heterocycles. The van der Waals surface area contributed by atoms with Crippen molar-refractivity contribution in [3.8, 4) is 0 Å². The fourth-order valence-electron chi connectivity index (χ4n) is 0.541. The van der Waals surface area contributed by atoms with Crippen LogP contribution in [0.15, 0.2) is 23.0 Å². The molecular formula is C6H8O2. The van der Waals surface area contributed by atoms with Crippen molar-refractivity contribution in [3.05, 3.63) is 24.2 Å². The van der Waals surface area contributed by atoms with E-state index in [-0.39, 0.29) is 0 Å². The van der Waals surface area contributed by atoms with Crippen molar-refractivity contribution in [2.75, 3.05) is 7.11 Å². The molecule has 0 aliphatic carbocycles. The third-order valence-corrected chi connectivity index (χ3v) is 0.891. The van der Waals surface area contributed by atoms with Crippen molar-refractivity contribution in [3.63, 3.8) is 0 Å². The van der Waals surface area contributed by atoms with E-state index in [4.69, 9.17) is 9.15 Å². The largest absolute Gasteiger partial charge is 0.472 e. The number of ether oxygens (including phenoxy) is 1. The summed E-state index contributed by atoms with van der Waals surface area (Å²) in [6, 6.07) is 1.88. The molecule has 0 bridgehead atoms. The molecule has 0 spiro atoms. The van der Waals surface area contributed by atoms with Gasteiger partial charge in [-0.2, -0.15) is 0 Å². The van der Waals surface area contributed by atoms with Gasteiger partial charge in [-0.05, 0) is 6.07 Å². The molecule has 44 valence electrons. The van der Waals surface area contributed by atoms with Crippen LogP contribution in [0.2, 0.25) is 0 Å². The zero-order valence-electron chi connectivity index (χ0n) is 4.76. The highest BCUT2D eigenvalue weighted by molar-refractivity contribution is 5.02. The predicted molar refractivity (Wildman–Crippen MR) is 29.4 cm³/mol. The normalized spacial score (nSPS) is 9.62. The molecule has 0 unspecified atom stereocenters. The van der Waals surface area contributed by atoms with Crippen LogP contribution in [-0.2, 0) is 11.3 Å². The highest BCUT2D eigenvalue weighted by Gasteiger charge is 1.88. The summed E-state index contributed by atoms with van der Waals surface area (Å²) in [5.41, 5.74) is 1.08. The van der Waals surface area contributed by atoms with E-state index in [0.29, 0.717) is 6.61 Å². The molecule has 2 nitrogen and oxygen atoms in total. The van der Waals surface area contributed by atoms with Crippen LogP contribution in [0.4, 0.5) is 0 Å². The van der Waals surface area contributed by atoms with E-state index in [1.807, 2.05) is 6.07 Å². The maximum atomic E-state index is 4.83. The van der Waals surface area contributed by atoms with E-state index in [1.54, 1.807) is 19.6 Å². The van der Waals surface area contributed by atoms with Gasteiger partial charge in [0.15, 0.2) is 0 Å². The summed E-state index contributed by atoms with van der Waals surface area (Å²) >= 11 is 0. The zero-order valence-corrected chi connectivity index (χ0v) is 4.76. The van der Waals surface area contributed by atoms with E-state index in [1.165, 1.54) is 0 Å². The van der Waals surface area contributed by atoms with E-state index in [0.717, 1.165) is 5.56 Å². The Hall–Kier alpha value is -0.760. The lowest BCUT2D eigenvalue weighted by molar-refractivity contribution is 0.184. The Morgan fingerprint density at radius 1 is 1.75 bits per heavy atom. The van der Waals surface area contributed by atoms with Crippen molar-refractivity contribution >= 4 is 0 Å². The Morgan fingerprint density at radius 2 is 2.62 bits per heavy atom. The standard InChI is InChI=1S/C6H8O2/c1-7-4-6-2-3-8-5-6/h2-3,5H,4H2,1H3. The van der Waals surface area contributed by atoms with Gasteiger partial charge in [-0.1, -0.05) is 0 Å². The Bertz CT molecular complexity index is 132. The first-order valence-corrected chi connectivity index (χ1v) is 2.43. The summed E-state index contributed by atoms with van der Waals surface area (Å²) in [7, 11) is 1.66. The van der Waals surface area contributed by atoms with Crippen molar-refractivity contribution in [1.29, 1.82) is 0 Å². The second-order valence-corrected chi connectivity index (χ2v) is 1.56. The number of rotatable bonds is 2. The van der Waals surface area contributed by atoms with Gasteiger partial charge in [-0.15, -0.1) is 0 Å². The number of methoxy groups -OCH3 is 1. The molecule has 8 heavy (non-hydrogen) atoms. The van der Waals surface area contributed by atoms with Crippen LogP contribution in [0, 0.1) is 0 Å². The molecule has 0 radical (unpaired) electrons. The lowest BCUT2D eigenvalue weighted by Gasteiger charge is -1.88. The van der Waals surface area contributed by atoms with Crippen molar-refractivity contribution in [1.82, 2.24) is 0 Å². The highest BCUT2D eigenvalue weighted by Crippen LogP contribution is 1.99. The molecule has 0 fully saturated rings. The minimum atomic E-state index is 0.635. The predicted octanol–water partition coefficient (Wildman–Crippen LogP) is 1.43. The molecule has 1 aromatic rings. The lowest BCUT2D eigenvalue weighted by atomic mass is 10.4. The van der Waals surface area contributed by atoms with Crippen LogP contribution in [0.25, 0.3) is 0 Å². The van der Waals surface area contributed by atoms with E-state index >= 15 is 0 Å². The molecule has 1 heterocycles. The topological polar surface area (TPSA) is 22.4 Å². The molecule has 0 N–H and O–H groups in total. The molecule has 2 heteroatoms. The molecule has 0 amide bonds. The summed E-state index contributed by atoms with van der Waals surface area (Å²) < 4.78 is 9.61. The second-order valence-electron chi connectivity index (χ2n) is 1.56. The van der Waals surface area contributed by atoms with Gasteiger partial charge in [0, 0.05) is 12.7 Å². The number of hydrogen-bond acceptors (Lipinski definition) is 2. The van der Waals surface area contributed by atoms with Crippen LogP contribution in [0.1, 0.15) is 5.56 Å². The minimum Gasteiger partial charge on any atom is -0.472 e. The fourth-order valence-corrected chi connectivity index (χ4v) is 0.541. The summed E-state index contributed by atoms with van der Waals surface area (Å²) in [4.78, 5) is 0. The van der Waals surface area contributed by atoms with Gasteiger partial charge in [-0.25, -0.2) is 0 Å². The SMILES string of the molecule is COCc1ccoc1. The van der Waals surface area contributed by atoms with Gasteiger partial charge in [0.05, 0.1) is 19.1 Å². The summed E-state index contributed by atoms with van der Waals surface area (Å²) in [6.07, 6.45) is 3.30. The molecule has 1 aromatic heterocycles. The van der Waals surface area contributed by atoms with Gasteiger partial charge >= 0.3 is 0 Å². The first-order chi connectivity index (χ1) is 3.93. The van der Waals surface area contributed by atoms with Crippen LogP contribution in [0.3, 0.4) is 0 Å². The Balaban J connectivity index is 2.50. The number of hydrogen-bond donors (Lipinski definition) is 0. The monoisotopic (exact) mass is 112 g/mol. The van der Waals surface area contributed by atoms with Gasteiger partial charge in [0.25, 0.3) is 0 Å². The molecule has 0 saturated carbocycles. The van der Waals surface area contributed by atoms with Gasteiger partial charge in [0.1, 0.15) is 0 Å². The molecule has 1 rings (SSSR count). The molecule has 0 atom stereocenters. The minimum absolute atomic E-state index is 0.635. The van der Waals surface area contributed by atoms with E-state index < -0.39 is 0 Å². The van der Waals surface area contributed by atoms with Crippen LogP contribution in [-0.4, -0.2) is 7.11 Å². The van der Waals surface area contributed by atoms with Crippen molar-refractivity contribution in [2.24, 2.45) is 0 Å². The molecular weight excluding hydrogens is 104 g/mol. The number of furan rings is 1. The molecule has 0 aromatic carbocycles. The van der Waals surface area contributed by atoms with Crippen LogP contribution < -0.4 is 0 Å². The van der Waals surface area contributed by atoms with Crippen LogP contribution in [0.5, 0.6) is 0 Å². The Morgan fingerprint density at radius 3 is 3.12 bits per heavy atom. The Kier molecular flexibility index (Phi) is 1.70. The van der Waals surface area contributed by atoms with Gasteiger partial charge < -0.3 is 9.15 Å². The first-order valence-electron chi connectivity index (χ1n) is 2.43. The summed E-state index contributed by atoms with van der Waals surface area (Å²) in [5.74, 6) is 0. The van der Waals surface area contributed by atoms with E-state index in [9.17, 15) is 0 Å². The first kappa shape index (κ1) is 5.38. The maximum Gasteiger partial charge on any atom is 0.0957 e. The average Bonchev–Trinajstić information content (AvgIpc) is 2.19. The van der Waals surface area contributed by atoms with Gasteiger partial charge in [0.2, 0.25) is 0 Å². The summed E-state index contributed by atoms with van der Waals surface area (Å²) in [6.45, 7) is 0.635.